The van der Waals surface area contributed by atoms with Crippen molar-refractivity contribution in [3.63, 3.8) is 0 Å². The Hall–Kier alpha value is -2.96. The van der Waals surface area contributed by atoms with E-state index in [-0.39, 0.29) is 35.6 Å². The van der Waals surface area contributed by atoms with Crippen molar-refractivity contribution in [2.75, 3.05) is 18.0 Å². The number of nitro groups is 1. The molecule has 0 spiro atoms. The van der Waals surface area contributed by atoms with Crippen LogP contribution in [0.3, 0.4) is 0 Å². The van der Waals surface area contributed by atoms with Gasteiger partial charge in [0.2, 0.25) is 0 Å². The van der Waals surface area contributed by atoms with Crippen molar-refractivity contribution in [1.29, 1.82) is 0 Å². The number of carbonyl (C=O) groups is 1. The zero-order valence-corrected chi connectivity index (χ0v) is 16.2. The van der Waals surface area contributed by atoms with E-state index in [9.17, 15) is 19.3 Å². The molecule has 0 radical (unpaired) electrons. The number of nitrogens with zero attached hydrogens (tertiary/aromatic N) is 3. The minimum atomic E-state index is -0.418. The van der Waals surface area contributed by atoms with Crippen LogP contribution in [0.25, 0.3) is 0 Å². The molecule has 1 saturated heterocycles. The van der Waals surface area contributed by atoms with Gasteiger partial charge in [-0.15, -0.1) is 0 Å². The van der Waals surface area contributed by atoms with Gasteiger partial charge in [-0.25, -0.2) is 4.39 Å². The zero-order chi connectivity index (χ0) is 20.4. The molecule has 1 aliphatic carbocycles. The van der Waals surface area contributed by atoms with Crippen LogP contribution in [-0.4, -0.2) is 34.9 Å². The first-order chi connectivity index (χ1) is 14.0. The van der Waals surface area contributed by atoms with Crippen LogP contribution >= 0.6 is 0 Å². The summed E-state index contributed by atoms with van der Waals surface area (Å²) in [5.41, 5.74) is 1.26. The van der Waals surface area contributed by atoms with Crippen molar-refractivity contribution < 1.29 is 14.1 Å². The van der Waals surface area contributed by atoms with E-state index >= 15 is 0 Å². The van der Waals surface area contributed by atoms with Crippen LogP contribution in [0.2, 0.25) is 0 Å². The first kappa shape index (κ1) is 19.4. The monoisotopic (exact) mass is 397 g/mol. The van der Waals surface area contributed by atoms with Gasteiger partial charge in [0, 0.05) is 42.9 Å². The summed E-state index contributed by atoms with van der Waals surface area (Å²) in [5, 5.41) is 11.7. The Kier molecular flexibility index (Phi) is 5.47. The molecule has 0 aromatic heterocycles. The van der Waals surface area contributed by atoms with Crippen LogP contribution in [0.15, 0.2) is 42.5 Å². The maximum absolute atomic E-state index is 14.1. The zero-order valence-electron chi connectivity index (χ0n) is 16.2. The van der Waals surface area contributed by atoms with Gasteiger partial charge in [-0.2, -0.15) is 0 Å². The van der Waals surface area contributed by atoms with Gasteiger partial charge >= 0.3 is 0 Å². The van der Waals surface area contributed by atoms with Crippen molar-refractivity contribution in [3.05, 3.63) is 69.5 Å². The number of hydrogen-bond donors (Lipinski definition) is 0. The number of hydrogen-bond acceptors (Lipinski definition) is 4. The van der Waals surface area contributed by atoms with Crippen LogP contribution in [0.5, 0.6) is 0 Å². The van der Waals surface area contributed by atoms with Crippen molar-refractivity contribution in [1.82, 2.24) is 4.90 Å². The standard InChI is InChI=1S/C22H24FN3O3/c23-19-7-3-2-6-17(19)15-25(18-9-10-18)22(27)16-8-11-20(21(14-16)26(28)29)24-12-4-1-5-13-24/h2-3,6-8,11,14,18H,1,4-5,9-10,12-13,15H2. The molecule has 6 nitrogen and oxygen atoms in total. The van der Waals surface area contributed by atoms with Crippen molar-refractivity contribution in [3.8, 4) is 0 Å². The molecule has 1 amide bonds. The fraction of sp³-hybridized carbons (Fsp3) is 0.409. The number of halogens is 1. The van der Waals surface area contributed by atoms with Gasteiger partial charge in [-0.05, 0) is 50.3 Å². The van der Waals surface area contributed by atoms with E-state index in [1.807, 2.05) is 4.90 Å². The smallest absolute Gasteiger partial charge is 0.293 e. The summed E-state index contributed by atoms with van der Waals surface area (Å²) in [4.78, 5) is 28.1. The third-order valence-corrected chi connectivity index (χ3v) is 5.66. The molecule has 2 aromatic carbocycles. The lowest BCUT2D eigenvalue weighted by Gasteiger charge is -2.28. The maximum atomic E-state index is 14.1. The Morgan fingerprint density at radius 3 is 2.52 bits per heavy atom. The first-order valence-electron chi connectivity index (χ1n) is 10.1. The van der Waals surface area contributed by atoms with Crippen molar-refractivity contribution in [2.45, 2.75) is 44.7 Å². The normalized spacial score (nSPS) is 16.5. The minimum absolute atomic E-state index is 0.0422. The van der Waals surface area contributed by atoms with Gasteiger partial charge in [-0.3, -0.25) is 14.9 Å². The highest BCUT2D eigenvalue weighted by Crippen LogP contribution is 2.34. The van der Waals surface area contributed by atoms with Crippen molar-refractivity contribution in [2.24, 2.45) is 0 Å². The average molecular weight is 397 g/mol. The summed E-state index contributed by atoms with van der Waals surface area (Å²) in [6.45, 7) is 1.74. The largest absolute Gasteiger partial charge is 0.366 e. The van der Waals surface area contributed by atoms with Gasteiger partial charge < -0.3 is 9.80 Å². The molecule has 2 aromatic rings. The third kappa shape index (κ3) is 4.23. The lowest BCUT2D eigenvalue weighted by atomic mass is 10.1. The van der Waals surface area contributed by atoms with E-state index in [1.165, 1.54) is 12.1 Å². The van der Waals surface area contributed by atoms with Crippen LogP contribution in [0.4, 0.5) is 15.8 Å². The maximum Gasteiger partial charge on any atom is 0.293 e. The van der Waals surface area contributed by atoms with Crippen LogP contribution in [0.1, 0.15) is 48.0 Å². The number of anilines is 1. The van der Waals surface area contributed by atoms with Crippen LogP contribution < -0.4 is 4.90 Å². The number of piperidine rings is 1. The SMILES string of the molecule is O=C(c1ccc(N2CCCCC2)c([N+](=O)[O-])c1)N(Cc1ccccc1F)C1CC1. The predicted molar refractivity (Wildman–Crippen MR) is 108 cm³/mol. The molecule has 1 aliphatic heterocycles. The number of rotatable bonds is 6. The molecule has 2 aliphatic rings. The van der Waals surface area contributed by atoms with E-state index in [0.29, 0.717) is 11.3 Å². The summed E-state index contributed by atoms with van der Waals surface area (Å²) in [5.74, 6) is -0.638. The molecule has 0 bridgehead atoms. The van der Waals surface area contributed by atoms with Crippen LogP contribution in [-0.2, 0) is 6.54 Å². The number of carbonyl (C=O) groups excluding carboxylic acids is 1. The van der Waals surface area contributed by atoms with Crippen molar-refractivity contribution >= 4 is 17.3 Å². The van der Waals surface area contributed by atoms with E-state index < -0.39 is 4.92 Å². The fourth-order valence-corrected chi connectivity index (χ4v) is 3.93. The highest BCUT2D eigenvalue weighted by Gasteiger charge is 2.34. The molecule has 0 unspecified atom stereocenters. The first-order valence-corrected chi connectivity index (χ1v) is 10.1. The number of nitro benzene ring substituents is 1. The second-order valence-electron chi connectivity index (χ2n) is 7.76. The lowest BCUT2D eigenvalue weighted by molar-refractivity contribution is -0.384. The Morgan fingerprint density at radius 2 is 1.86 bits per heavy atom. The van der Waals surface area contributed by atoms with Gasteiger partial charge in [0.25, 0.3) is 11.6 Å². The predicted octanol–water partition coefficient (Wildman–Crippen LogP) is 4.53. The highest BCUT2D eigenvalue weighted by molar-refractivity contribution is 5.96. The summed E-state index contributed by atoms with van der Waals surface area (Å²) in [6, 6.07) is 11.2. The Labute approximate surface area is 169 Å². The number of amides is 1. The second-order valence-corrected chi connectivity index (χ2v) is 7.76. The minimum Gasteiger partial charge on any atom is -0.366 e. The molecule has 0 N–H and O–H groups in total. The summed E-state index contributed by atoms with van der Waals surface area (Å²) in [7, 11) is 0. The van der Waals surface area contributed by atoms with E-state index in [1.54, 1.807) is 35.2 Å². The average Bonchev–Trinajstić information content (AvgIpc) is 3.58. The number of benzene rings is 2. The molecule has 1 heterocycles. The molecular weight excluding hydrogens is 373 g/mol. The molecular formula is C22H24FN3O3. The molecule has 4 rings (SSSR count). The second kappa shape index (κ2) is 8.19. The summed E-state index contributed by atoms with van der Waals surface area (Å²) < 4.78 is 14.1. The molecule has 152 valence electrons. The van der Waals surface area contributed by atoms with Gasteiger partial charge in [0.15, 0.2) is 0 Å². The van der Waals surface area contributed by atoms with Crippen LogP contribution in [0, 0.1) is 15.9 Å². The van der Waals surface area contributed by atoms with Gasteiger partial charge in [0.1, 0.15) is 11.5 Å². The topological polar surface area (TPSA) is 66.7 Å². The highest BCUT2D eigenvalue weighted by atomic mass is 19.1. The quantitative estimate of drug-likeness (QED) is 0.531. The Balaban J connectivity index is 1.62. The Bertz CT molecular complexity index is 923. The summed E-state index contributed by atoms with van der Waals surface area (Å²) in [6.07, 6.45) is 4.89. The molecule has 1 saturated carbocycles. The van der Waals surface area contributed by atoms with E-state index in [4.69, 9.17) is 0 Å². The summed E-state index contributed by atoms with van der Waals surface area (Å²) >= 11 is 0. The molecule has 29 heavy (non-hydrogen) atoms. The molecule has 7 heteroatoms. The Morgan fingerprint density at radius 1 is 1.14 bits per heavy atom. The molecule has 2 fully saturated rings. The van der Waals surface area contributed by atoms with E-state index in [0.717, 1.165) is 45.2 Å². The third-order valence-electron chi connectivity index (χ3n) is 5.66. The lowest BCUT2D eigenvalue weighted by Crippen LogP contribution is -2.33. The fourth-order valence-electron chi connectivity index (χ4n) is 3.93. The van der Waals surface area contributed by atoms with Gasteiger partial charge in [-0.1, -0.05) is 18.2 Å². The van der Waals surface area contributed by atoms with E-state index in [2.05, 4.69) is 0 Å². The van der Waals surface area contributed by atoms with Gasteiger partial charge in [0.05, 0.1) is 4.92 Å². The molecule has 0 atom stereocenters.